The van der Waals surface area contributed by atoms with E-state index in [1.807, 2.05) is 0 Å². The van der Waals surface area contributed by atoms with Crippen LogP contribution in [0.4, 0.5) is 0 Å². The molecule has 4 rings (SSSR count). The summed E-state index contributed by atoms with van der Waals surface area (Å²) in [6.07, 6.45) is 0. The third kappa shape index (κ3) is 2.34. The zero-order valence-electron chi connectivity index (χ0n) is 11.7. The van der Waals surface area contributed by atoms with Crippen molar-refractivity contribution in [3.8, 4) is 11.1 Å². The predicted octanol–water partition coefficient (Wildman–Crippen LogP) is 7.03. The average molecular weight is 459 g/mol. The molecular weight excluding hydrogens is 447 g/mol. The highest BCUT2D eigenvalue weighted by atomic mass is 127. The molecule has 0 heterocycles. The fourth-order valence-corrected chi connectivity index (χ4v) is 3.69. The molecule has 0 unspecified atom stereocenters. The largest absolute Gasteiger partial charge is 0.0616 e. The van der Waals surface area contributed by atoms with Crippen molar-refractivity contribution in [1.29, 1.82) is 0 Å². The predicted molar refractivity (Wildman–Crippen MR) is 107 cm³/mol. The van der Waals surface area contributed by atoms with Crippen molar-refractivity contribution in [2.45, 2.75) is 0 Å². The van der Waals surface area contributed by atoms with E-state index >= 15 is 0 Å². The first-order valence-electron chi connectivity index (χ1n) is 7.10. The van der Waals surface area contributed by atoms with E-state index in [9.17, 15) is 0 Å². The van der Waals surface area contributed by atoms with Crippen molar-refractivity contribution in [3.63, 3.8) is 0 Å². The summed E-state index contributed by atoms with van der Waals surface area (Å²) in [4.78, 5) is 0. The number of hydrogen-bond acceptors (Lipinski definition) is 0. The van der Waals surface area contributed by atoms with Gasteiger partial charge in [0.1, 0.15) is 0 Å². The normalized spacial score (nSPS) is 11.2. The second-order valence-electron chi connectivity index (χ2n) is 5.32. The monoisotopic (exact) mass is 458 g/mol. The molecule has 0 atom stereocenters. The average Bonchev–Trinajstić information content (AvgIpc) is 2.55. The number of rotatable bonds is 1. The molecule has 0 radical (unpaired) electrons. The van der Waals surface area contributed by atoms with Gasteiger partial charge in [-0.3, -0.25) is 0 Å². The maximum atomic E-state index is 3.66. The summed E-state index contributed by atoms with van der Waals surface area (Å²) in [6.45, 7) is 0. The highest BCUT2D eigenvalue weighted by Gasteiger charge is 2.10. The van der Waals surface area contributed by atoms with E-state index in [2.05, 4.69) is 111 Å². The molecule has 0 aliphatic rings. The molecule has 4 aromatic carbocycles. The summed E-state index contributed by atoms with van der Waals surface area (Å²) in [6, 6.07) is 26.1. The van der Waals surface area contributed by atoms with Gasteiger partial charge in [0.15, 0.2) is 0 Å². The van der Waals surface area contributed by atoms with Crippen LogP contribution < -0.4 is 0 Å². The van der Waals surface area contributed by atoms with E-state index in [1.54, 1.807) is 0 Å². The van der Waals surface area contributed by atoms with Crippen LogP contribution >= 0.6 is 38.5 Å². The van der Waals surface area contributed by atoms with E-state index < -0.39 is 0 Å². The lowest BCUT2D eigenvalue weighted by molar-refractivity contribution is 1.58. The lowest BCUT2D eigenvalue weighted by Crippen LogP contribution is -1.86. The Hall–Kier alpha value is -1.39. The van der Waals surface area contributed by atoms with Crippen LogP contribution in [0.3, 0.4) is 0 Å². The Kier molecular flexibility index (Phi) is 3.66. The third-order valence-electron chi connectivity index (χ3n) is 3.98. The zero-order valence-corrected chi connectivity index (χ0v) is 15.4. The van der Waals surface area contributed by atoms with Crippen LogP contribution in [0.25, 0.3) is 32.7 Å². The molecule has 0 fully saturated rings. The number of fused-ring (bicyclic) bond motifs is 2. The second kappa shape index (κ2) is 5.67. The Labute approximate surface area is 151 Å². The van der Waals surface area contributed by atoms with E-state index in [1.165, 1.54) is 36.2 Å². The molecule has 106 valence electrons. The van der Waals surface area contributed by atoms with Gasteiger partial charge in [0.05, 0.1) is 0 Å². The van der Waals surface area contributed by atoms with Crippen LogP contribution in [-0.4, -0.2) is 0 Å². The second-order valence-corrected chi connectivity index (χ2v) is 7.34. The first kappa shape index (κ1) is 14.2. The summed E-state index contributed by atoms with van der Waals surface area (Å²) >= 11 is 6.01. The Bertz CT molecular complexity index is 951. The highest BCUT2D eigenvalue weighted by Crippen LogP contribution is 2.37. The molecule has 0 aliphatic carbocycles. The molecule has 0 N–H and O–H groups in total. The molecule has 0 nitrogen and oxygen atoms in total. The molecule has 0 aliphatic heterocycles. The van der Waals surface area contributed by atoms with Crippen LogP contribution in [0.2, 0.25) is 0 Å². The lowest BCUT2D eigenvalue weighted by Gasteiger charge is -2.12. The van der Waals surface area contributed by atoms with Crippen molar-refractivity contribution in [2.75, 3.05) is 0 Å². The minimum absolute atomic E-state index is 1.14. The number of hydrogen-bond donors (Lipinski definition) is 0. The maximum Gasteiger partial charge on any atom is 0.0315 e. The van der Waals surface area contributed by atoms with Crippen LogP contribution in [0.1, 0.15) is 0 Å². The molecule has 0 amide bonds. The summed E-state index contributed by atoms with van der Waals surface area (Å²) in [5.74, 6) is 0. The van der Waals surface area contributed by atoms with Crippen LogP contribution in [0.15, 0.2) is 77.3 Å². The molecule has 0 bridgehead atoms. The maximum absolute atomic E-state index is 3.66. The smallest absolute Gasteiger partial charge is 0.0315 e. The molecular formula is C20H12BrI. The van der Waals surface area contributed by atoms with Gasteiger partial charge in [-0.25, -0.2) is 0 Å². The van der Waals surface area contributed by atoms with Gasteiger partial charge in [-0.2, -0.15) is 0 Å². The molecule has 0 saturated heterocycles. The number of benzene rings is 4. The van der Waals surface area contributed by atoms with Gasteiger partial charge in [-0.05, 0) is 89.4 Å². The molecule has 0 saturated carbocycles. The van der Waals surface area contributed by atoms with Crippen LogP contribution in [0, 0.1) is 3.57 Å². The lowest BCUT2D eigenvalue weighted by atomic mass is 9.92. The minimum atomic E-state index is 1.14. The van der Waals surface area contributed by atoms with Crippen LogP contribution in [0.5, 0.6) is 0 Å². The third-order valence-corrected chi connectivity index (χ3v) is 6.32. The van der Waals surface area contributed by atoms with Gasteiger partial charge >= 0.3 is 0 Å². The fourth-order valence-electron chi connectivity index (χ4n) is 2.98. The van der Waals surface area contributed by atoms with Crippen molar-refractivity contribution < 1.29 is 0 Å². The van der Waals surface area contributed by atoms with Crippen LogP contribution in [-0.2, 0) is 0 Å². The Balaban J connectivity index is 2.18. The Morgan fingerprint density at radius 3 is 1.86 bits per heavy atom. The van der Waals surface area contributed by atoms with Gasteiger partial charge < -0.3 is 0 Å². The first-order chi connectivity index (χ1) is 10.7. The minimum Gasteiger partial charge on any atom is -0.0616 e. The van der Waals surface area contributed by atoms with Crippen molar-refractivity contribution in [2.24, 2.45) is 0 Å². The standard InChI is InChI=1S/C20H12BrI/c21-18-12-15(9-10-19(18)22)20-16-7-3-1-5-13(16)11-14-6-2-4-8-17(14)20/h1-12H. The van der Waals surface area contributed by atoms with E-state index in [4.69, 9.17) is 0 Å². The highest BCUT2D eigenvalue weighted by molar-refractivity contribution is 14.1. The SMILES string of the molecule is Brc1cc(-c2c3ccccc3cc3ccccc23)ccc1I. The first-order valence-corrected chi connectivity index (χ1v) is 8.97. The van der Waals surface area contributed by atoms with E-state index in [0.29, 0.717) is 0 Å². The van der Waals surface area contributed by atoms with Gasteiger partial charge in [0.2, 0.25) is 0 Å². The fraction of sp³-hybridized carbons (Fsp3) is 0. The van der Waals surface area contributed by atoms with Gasteiger partial charge in [-0.15, -0.1) is 0 Å². The molecule has 0 aromatic heterocycles. The van der Waals surface area contributed by atoms with E-state index in [0.717, 1.165) is 4.47 Å². The summed E-state index contributed by atoms with van der Waals surface area (Å²) in [7, 11) is 0. The Morgan fingerprint density at radius 1 is 0.682 bits per heavy atom. The van der Waals surface area contributed by atoms with Gasteiger partial charge in [0.25, 0.3) is 0 Å². The molecule has 0 spiro atoms. The molecule has 22 heavy (non-hydrogen) atoms. The quantitative estimate of drug-likeness (QED) is 0.212. The topological polar surface area (TPSA) is 0 Å². The van der Waals surface area contributed by atoms with Crippen molar-refractivity contribution in [1.82, 2.24) is 0 Å². The Morgan fingerprint density at radius 2 is 1.27 bits per heavy atom. The summed E-state index contributed by atoms with van der Waals surface area (Å²) < 4.78 is 2.37. The molecule has 2 heteroatoms. The van der Waals surface area contributed by atoms with Crippen molar-refractivity contribution in [3.05, 3.63) is 80.8 Å². The van der Waals surface area contributed by atoms with Crippen molar-refractivity contribution >= 4 is 60.1 Å². The van der Waals surface area contributed by atoms with E-state index in [-0.39, 0.29) is 0 Å². The van der Waals surface area contributed by atoms with Gasteiger partial charge in [-0.1, -0.05) is 54.6 Å². The summed E-state index contributed by atoms with van der Waals surface area (Å²) in [5.41, 5.74) is 2.56. The summed E-state index contributed by atoms with van der Waals surface area (Å²) in [5, 5.41) is 5.17. The van der Waals surface area contributed by atoms with Gasteiger partial charge in [0, 0.05) is 8.04 Å². The zero-order chi connectivity index (χ0) is 15.1. The number of halogens is 2. The molecule has 4 aromatic rings.